The van der Waals surface area contributed by atoms with Gasteiger partial charge in [-0.2, -0.15) is 5.26 Å². The minimum absolute atomic E-state index is 0.110. The molecule has 0 aromatic heterocycles. The number of Topliss-reactive ketones (excluding diaryl/α,β-unsaturated/α-hetero) is 1. The van der Waals surface area contributed by atoms with Crippen LogP contribution in [-0.4, -0.2) is 5.78 Å². The van der Waals surface area contributed by atoms with Crippen LogP contribution < -0.4 is 0 Å². The number of nitriles is 1. The Morgan fingerprint density at radius 1 is 1.54 bits per heavy atom. The molecular formula is C11H11NO. The van der Waals surface area contributed by atoms with E-state index in [1.165, 1.54) is 13.0 Å². The average molecular weight is 173 g/mol. The Labute approximate surface area is 78.2 Å². The molecule has 0 aliphatic rings. The van der Waals surface area contributed by atoms with Crippen molar-refractivity contribution in [3.8, 4) is 6.07 Å². The number of carbonyl (C=O) groups excluding carboxylic acids is 1. The van der Waals surface area contributed by atoms with Crippen molar-refractivity contribution >= 4 is 5.78 Å². The monoisotopic (exact) mass is 173 g/mol. The molecule has 0 bridgehead atoms. The van der Waals surface area contributed by atoms with E-state index in [-0.39, 0.29) is 11.4 Å². The second kappa shape index (κ2) is 5.73. The van der Waals surface area contributed by atoms with Crippen molar-refractivity contribution in [2.45, 2.75) is 6.92 Å². The summed E-state index contributed by atoms with van der Waals surface area (Å²) in [6.45, 7) is 8.48. The first-order valence-electron chi connectivity index (χ1n) is 3.72. The van der Waals surface area contributed by atoms with Crippen LogP contribution in [0.4, 0.5) is 0 Å². The minimum Gasteiger partial charge on any atom is -0.294 e. The third kappa shape index (κ3) is 4.54. The van der Waals surface area contributed by atoms with Crippen LogP contribution >= 0.6 is 0 Å². The third-order valence-corrected chi connectivity index (χ3v) is 1.28. The van der Waals surface area contributed by atoms with E-state index in [2.05, 4.69) is 13.2 Å². The molecule has 0 aromatic carbocycles. The lowest BCUT2D eigenvalue weighted by molar-refractivity contribution is -0.113. The van der Waals surface area contributed by atoms with Crippen LogP contribution in [-0.2, 0) is 4.79 Å². The fourth-order valence-electron chi connectivity index (χ4n) is 0.638. The molecule has 0 fully saturated rings. The summed E-state index contributed by atoms with van der Waals surface area (Å²) in [5.74, 6) is -0.254. The van der Waals surface area contributed by atoms with E-state index in [1.54, 1.807) is 24.3 Å². The van der Waals surface area contributed by atoms with Crippen molar-refractivity contribution in [1.29, 1.82) is 5.26 Å². The fourth-order valence-corrected chi connectivity index (χ4v) is 0.638. The largest absolute Gasteiger partial charge is 0.294 e. The summed E-state index contributed by atoms with van der Waals surface area (Å²) in [5.41, 5.74) is 0.713. The average Bonchev–Trinajstić information content (AvgIpc) is 2.10. The van der Waals surface area contributed by atoms with Gasteiger partial charge in [-0.05, 0) is 18.6 Å². The van der Waals surface area contributed by atoms with Gasteiger partial charge in [-0.25, -0.2) is 0 Å². The lowest BCUT2D eigenvalue weighted by atomic mass is 10.1. The topological polar surface area (TPSA) is 40.9 Å². The first-order chi connectivity index (χ1) is 6.11. The van der Waals surface area contributed by atoms with Gasteiger partial charge in [-0.1, -0.05) is 31.4 Å². The SMILES string of the molecule is C=C/C=C\C(=C)/C=C(/C#N)C(C)=O. The van der Waals surface area contributed by atoms with Crippen molar-refractivity contribution < 1.29 is 4.79 Å². The molecule has 0 saturated heterocycles. The van der Waals surface area contributed by atoms with E-state index in [0.717, 1.165) is 0 Å². The van der Waals surface area contributed by atoms with Crippen LogP contribution in [0, 0.1) is 11.3 Å². The molecule has 66 valence electrons. The van der Waals surface area contributed by atoms with Gasteiger partial charge in [0.25, 0.3) is 0 Å². The molecule has 0 heterocycles. The number of allylic oxidation sites excluding steroid dienone is 6. The summed E-state index contributed by atoms with van der Waals surface area (Å²) in [7, 11) is 0. The summed E-state index contributed by atoms with van der Waals surface area (Å²) >= 11 is 0. The van der Waals surface area contributed by atoms with Crippen LogP contribution in [0.2, 0.25) is 0 Å². The Kier molecular flexibility index (Phi) is 4.90. The van der Waals surface area contributed by atoms with E-state index in [4.69, 9.17) is 5.26 Å². The van der Waals surface area contributed by atoms with Gasteiger partial charge in [0.1, 0.15) is 6.07 Å². The Balaban J connectivity index is 4.64. The highest BCUT2D eigenvalue weighted by Crippen LogP contribution is 2.02. The Bertz CT molecular complexity index is 326. The Morgan fingerprint density at radius 2 is 2.15 bits per heavy atom. The van der Waals surface area contributed by atoms with Crippen molar-refractivity contribution in [2.24, 2.45) is 0 Å². The smallest absolute Gasteiger partial charge is 0.170 e. The molecular weight excluding hydrogens is 162 g/mol. The molecule has 0 radical (unpaired) electrons. The van der Waals surface area contributed by atoms with E-state index in [9.17, 15) is 4.79 Å². The van der Waals surface area contributed by atoms with Gasteiger partial charge in [0.15, 0.2) is 5.78 Å². The van der Waals surface area contributed by atoms with Crippen LogP contribution in [0.5, 0.6) is 0 Å². The highest BCUT2D eigenvalue weighted by Gasteiger charge is 2.00. The molecule has 0 amide bonds. The predicted octanol–water partition coefficient (Wildman–Crippen LogP) is 2.32. The van der Waals surface area contributed by atoms with Crippen LogP contribution in [0.1, 0.15) is 6.92 Å². The maximum Gasteiger partial charge on any atom is 0.170 e. The van der Waals surface area contributed by atoms with Gasteiger partial charge < -0.3 is 0 Å². The third-order valence-electron chi connectivity index (χ3n) is 1.28. The summed E-state index contributed by atoms with van der Waals surface area (Å²) in [4.78, 5) is 10.8. The zero-order valence-electron chi connectivity index (χ0n) is 7.58. The molecule has 13 heavy (non-hydrogen) atoms. The maximum absolute atomic E-state index is 10.8. The maximum atomic E-state index is 10.8. The molecule has 0 rings (SSSR count). The zero-order chi connectivity index (χ0) is 10.3. The molecule has 2 nitrogen and oxygen atoms in total. The van der Waals surface area contributed by atoms with Gasteiger partial charge >= 0.3 is 0 Å². The molecule has 0 atom stereocenters. The van der Waals surface area contributed by atoms with Gasteiger partial charge in [0.2, 0.25) is 0 Å². The van der Waals surface area contributed by atoms with Crippen LogP contribution in [0.15, 0.2) is 48.6 Å². The highest BCUT2D eigenvalue weighted by molar-refractivity contribution is 5.97. The Hall–Kier alpha value is -1.88. The van der Waals surface area contributed by atoms with E-state index < -0.39 is 0 Å². The minimum atomic E-state index is -0.254. The molecule has 0 saturated carbocycles. The molecule has 0 unspecified atom stereocenters. The number of hydrogen-bond donors (Lipinski definition) is 0. The molecule has 2 heteroatoms. The van der Waals surface area contributed by atoms with Crippen LogP contribution in [0.3, 0.4) is 0 Å². The van der Waals surface area contributed by atoms with Crippen molar-refractivity contribution in [3.63, 3.8) is 0 Å². The summed E-state index contributed by atoms with van der Waals surface area (Å²) in [6.07, 6.45) is 6.41. The fraction of sp³-hybridized carbons (Fsp3) is 0.0909. The summed E-state index contributed by atoms with van der Waals surface area (Å²) < 4.78 is 0. The first kappa shape index (κ1) is 11.1. The normalized spacial score (nSPS) is 10.9. The standard InChI is InChI=1S/C11H11NO/c1-4-5-6-9(2)7-11(8-12)10(3)13/h4-7H,1-2H2,3H3/b6-5-,11-7-. The van der Waals surface area contributed by atoms with Crippen molar-refractivity contribution in [3.05, 3.63) is 48.6 Å². The van der Waals surface area contributed by atoms with Gasteiger partial charge in [-0.15, -0.1) is 0 Å². The summed E-state index contributed by atoms with van der Waals surface area (Å²) in [5, 5.41) is 8.55. The number of ketones is 1. The van der Waals surface area contributed by atoms with Crippen LogP contribution in [0.25, 0.3) is 0 Å². The number of rotatable bonds is 4. The van der Waals surface area contributed by atoms with Crippen molar-refractivity contribution in [1.82, 2.24) is 0 Å². The van der Waals surface area contributed by atoms with E-state index >= 15 is 0 Å². The molecule has 0 aliphatic carbocycles. The molecule has 0 aliphatic heterocycles. The second-order valence-corrected chi connectivity index (χ2v) is 2.40. The lowest BCUT2D eigenvalue weighted by Gasteiger charge is -1.91. The number of hydrogen-bond acceptors (Lipinski definition) is 2. The molecule has 0 N–H and O–H groups in total. The first-order valence-corrected chi connectivity index (χ1v) is 3.72. The van der Waals surface area contributed by atoms with E-state index in [1.807, 2.05) is 0 Å². The zero-order valence-corrected chi connectivity index (χ0v) is 7.58. The number of carbonyl (C=O) groups is 1. The lowest BCUT2D eigenvalue weighted by Crippen LogP contribution is -1.93. The molecule has 0 aromatic rings. The van der Waals surface area contributed by atoms with Crippen molar-refractivity contribution in [2.75, 3.05) is 0 Å². The number of nitrogens with zero attached hydrogens (tertiary/aromatic N) is 1. The Morgan fingerprint density at radius 3 is 2.54 bits per heavy atom. The quantitative estimate of drug-likeness (QED) is 0.372. The van der Waals surface area contributed by atoms with Gasteiger partial charge in [-0.3, -0.25) is 4.79 Å². The van der Waals surface area contributed by atoms with E-state index in [0.29, 0.717) is 5.57 Å². The highest BCUT2D eigenvalue weighted by atomic mass is 16.1. The van der Waals surface area contributed by atoms with Gasteiger partial charge in [0, 0.05) is 0 Å². The molecule has 0 spiro atoms. The second-order valence-electron chi connectivity index (χ2n) is 2.40. The predicted molar refractivity (Wildman–Crippen MR) is 52.9 cm³/mol. The summed E-state index contributed by atoms with van der Waals surface area (Å²) in [6, 6.07) is 1.80. The van der Waals surface area contributed by atoms with Gasteiger partial charge in [0.05, 0.1) is 5.57 Å².